The third-order valence-electron chi connectivity index (χ3n) is 4.08. The fraction of sp³-hybridized carbons (Fsp3) is 0.786. The van der Waals surface area contributed by atoms with Gasteiger partial charge in [-0.1, -0.05) is 32.6 Å². The summed E-state index contributed by atoms with van der Waals surface area (Å²) in [5.41, 5.74) is 8.82. The van der Waals surface area contributed by atoms with Gasteiger partial charge < -0.3 is 5.73 Å². The summed E-state index contributed by atoms with van der Waals surface area (Å²) in [5, 5.41) is 4.51. The topological polar surface area (TPSA) is 43.8 Å². The number of hydrogen-bond acceptors (Lipinski definition) is 2. The van der Waals surface area contributed by atoms with Gasteiger partial charge in [-0.05, 0) is 31.2 Å². The van der Waals surface area contributed by atoms with Crippen molar-refractivity contribution in [3.63, 3.8) is 0 Å². The summed E-state index contributed by atoms with van der Waals surface area (Å²) in [4.78, 5) is 0. The Kier molecular flexibility index (Phi) is 4.21. The average Bonchev–Trinajstić information content (AvgIpc) is 2.56. The summed E-state index contributed by atoms with van der Waals surface area (Å²) in [7, 11) is 2.02. The van der Waals surface area contributed by atoms with E-state index in [-0.39, 0.29) is 6.04 Å². The standard InChI is InChI=1S/C14H25N3/c1-3-12-10-13(17(2)16-12)14(15)11-8-6-4-5-7-9-11/h10-11,14H,3-9,15H2,1-2H3. The van der Waals surface area contributed by atoms with Gasteiger partial charge in [0.2, 0.25) is 0 Å². The van der Waals surface area contributed by atoms with Gasteiger partial charge in [0.1, 0.15) is 0 Å². The second-order valence-corrected chi connectivity index (χ2v) is 5.32. The predicted octanol–water partition coefficient (Wildman–Crippen LogP) is 2.95. The number of aromatic nitrogens is 2. The van der Waals surface area contributed by atoms with Crippen molar-refractivity contribution in [2.24, 2.45) is 18.7 Å². The molecule has 1 fully saturated rings. The lowest BCUT2D eigenvalue weighted by Gasteiger charge is -2.22. The van der Waals surface area contributed by atoms with Crippen molar-refractivity contribution in [2.75, 3.05) is 0 Å². The van der Waals surface area contributed by atoms with Gasteiger partial charge in [-0.2, -0.15) is 5.10 Å². The maximum atomic E-state index is 6.45. The molecule has 3 heteroatoms. The van der Waals surface area contributed by atoms with Gasteiger partial charge >= 0.3 is 0 Å². The molecular formula is C14H25N3. The summed E-state index contributed by atoms with van der Waals surface area (Å²) in [6.45, 7) is 2.14. The zero-order valence-corrected chi connectivity index (χ0v) is 11.2. The highest BCUT2D eigenvalue weighted by atomic mass is 15.3. The average molecular weight is 235 g/mol. The van der Waals surface area contributed by atoms with Gasteiger partial charge in [0, 0.05) is 13.1 Å². The van der Waals surface area contributed by atoms with E-state index in [9.17, 15) is 0 Å². The van der Waals surface area contributed by atoms with E-state index < -0.39 is 0 Å². The van der Waals surface area contributed by atoms with Crippen LogP contribution in [0.3, 0.4) is 0 Å². The molecule has 0 aliphatic heterocycles. The molecule has 1 unspecified atom stereocenters. The molecule has 1 aliphatic carbocycles. The molecule has 1 heterocycles. The zero-order chi connectivity index (χ0) is 12.3. The van der Waals surface area contributed by atoms with Crippen LogP contribution in [0.25, 0.3) is 0 Å². The monoisotopic (exact) mass is 235 g/mol. The Bertz CT molecular complexity index is 348. The Hall–Kier alpha value is -0.830. The highest BCUT2D eigenvalue weighted by molar-refractivity contribution is 5.14. The Morgan fingerprint density at radius 2 is 2.00 bits per heavy atom. The normalized spacial score (nSPS) is 20.2. The van der Waals surface area contributed by atoms with Crippen LogP contribution in [0.5, 0.6) is 0 Å². The predicted molar refractivity (Wildman–Crippen MR) is 70.7 cm³/mol. The highest BCUT2D eigenvalue weighted by Crippen LogP contribution is 2.32. The van der Waals surface area contributed by atoms with Crippen LogP contribution in [0.1, 0.15) is 62.9 Å². The van der Waals surface area contributed by atoms with E-state index >= 15 is 0 Å². The molecule has 3 nitrogen and oxygen atoms in total. The third-order valence-corrected chi connectivity index (χ3v) is 4.08. The lowest BCUT2D eigenvalue weighted by atomic mass is 9.90. The molecule has 0 saturated heterocycles. The van der Waals surface area contributed by atoms with E-state index in [1.807, 2.05) is 11.7 Å². The number of nitrogens with two attached hydrogens (primary N) is 1. The van der Waals surface area contributed by atoms with Crippen LogP contribution in [0, 0.1) is 5.92 Å². The quantitative estimate of drug-likeness (QED) is 0.819. The summed E-state index contributed by atoms with van der Waals surface area (Å²) >= 11 is 0. The van der Waals surface area contributed by atoms with Gasteiger partial charge in [-0.3, -0.25) is 4.68 Å². The molecule has 0 spiro atoms. The van der Waals surface area contributed by atoms with Gasteiger partial charge in [0.25, 0.3) is 0 Å². The molecule has 2 N–H and O–H groups in total. The number of nitrogens with zero attached hydrogens (tertiary/aromatic N) is 2. The Labute approximate surface area is 104 Å². The minimum absolute atomic E-state index is 0.172. The SMILES string of the molecule is CCc1cc(C(N)C2CCCCCC2)n(C)n1. The molecule has 1 aliphatic rings. The molecule has 0 bridgehead atoms. The summed E-state index contributed by atoms with van der Waals surface area (Å²) in [6.07, 6.45) is 9.02. The van der Waals surface area contributed by atoms with Gasteiger partial charge in [-0.25, -0.2) is 0 Å². The molecule has 1 aromatic heterocycles. The van der Waals surface area contributed by atoms with Crippen molar-refractivity contribution < 1.29 is 0 Å². The van der Waals surface area contributed by atoms with Crippen LogP contribution in [-0.2, 0) is 13.5 Å². The van der Waals surface area contributed by atoms with Crippen molar-refractivity contribution in [3.05, 3.63) is 17.5 Å². The first-order valence-corrected chi connectivity index (χ1v) is 7.00. The Morgan fingerprint density at radius 3 is 2.53 bits per heavy atom. The first-order valence-electron chi connectivity index (χ1n) is 7.00. The Balaban J connectivity index is 2.11. The lowest BCUT2D eigenvalue weighted by Crippen LogP contribution is -2.23. The molecule has 17 heavy (non-hydrogen) atoms. The second-order valence-electron chi connectivity index (χ2n) is 5.32. The van der Waals surface area contributed by atoms with Crippen LogP contribution >= 0.6 is 0 Å². The maximum absolute atomic E-state index is 6.45. The van der Waals surface area contributed by atoms with E-state index in [0.717, 1.165) is 12.1 Å². The van der Waals surface area contributed by atoms with Crippen LogP contribution < -0.4 is 5.73 Å². The van der Waals surface area contributed by atoms with Crippen LogP contribution in [0.15, 0.2) is 6.07 Å². The fourth-order valence-electron chi connectivity index (χ4n) is 2.94. The summed E-state index contributed by atoms with van der Waals surface area (Å²) < 4.78 is 1.98. The first-order chi connectivity index (χ1) is 8.22. The Morgan fingerprint density at radius 1 is 1.35 bits per heavy atom. The summed E-state index contributed by atoms with van der Waals surface area (Å²) in [6, 6.07) is 2.36. The van der Waals surface area contributed by atoms with E-state index in [1.165, 1.54) is 44.2 Å². The van der Waals surface area contributed by atoms with E-state index in [4.69, 9.17) is 5.73 Å². The third kappa shape index (κ3) is 2.89. The van der Waals surface area contributed by atoms with E-state index in [0.29, 0.717) is 5.92 Å². The van der Waals surface area contributed by atoms with Crippen molar-refractivity contribution >= 4 is 0 Å². The molecule has 0 aromatic carbocycles. The molecule has 1 aromatic rings. The molecule has 0 radical (unpaired) electrons. The second kappa shape index (κ2) is 5.67. The van der Waals surface area contributed by atoms with Crippen molar-refractivity contribution in [3.8, 4) is 0 Å². The molecule has 1 atom stereocenters. The zero-order valence-electron chi connectivity index (χ0n) is 11.2. The van der Waals surface area contributed by atoms with Crippen LogP contribution in [-0.4, -0.2) is 9.78 Å². The minimum Gasteiger partial charge on any atom is -0.322 e. The van der Waals surface area contributed by atoms with E-state index in [2.05, 4.69) is 18.1 Å². The minimum atomic E-state index is 0.172. The van der Waals surface area contributed by atoms with Crippen LogP contribution in [0.4, 0.5) is 0 Å². The number of rotatable bonds is 3. The number of hydrogen-bond donors (Lipinski definition) is 1. The molecule has 0 amide bonds. The summed E-state index contributed by atoms with van der Waals surface area (Å²) in [5.74, 6) is 0.651. The van der Waals surface area contributed by atoms with Crippen molar-refractivity contribution in [1.82, 2.24) is 9.78 Å². The smallest absolute Gasteiger partial charge is 0.0625 e. The molecule has 1 saturated carbocycles. The molecule has 96 valence electrons. The van der Waals surface area contributed by atoms with Gasteiger partial charge in [0.05, 0.1) is 11.4 Å². The molecular weight excluding hydrogens is 210 g/mol. The van der Waals surface area contributed by atoms with Crippen molar-refractivity contribution in [1.29, 1.82) is 0 Å². The van der Waals surface area contributed by atoms with Gasteiger partial charge in [0.15, 0.2) is 0 Å². The highest BCUT2D eigenvalue weighted by Gasteiger charge is 2.23. The fourth-order valence-corrected chi connectivity index (χ4v) is 2.94. The number of aryl methyl sites for hydroxylation is 2. The molecule has 2 rings (SSSR count). The lowest BCUT2D eigenvalue weighted by molar-refractivity contribution is 0.368. The maximum Gasteiger partial charge on any atom is 0.0625 e. The van der Waals surface area contributed by atoms with Gasteiger partial charge in [-0.15, -0.1) is 0 Å². The largest absolute Gasteiger partial charge is 0.322 e. The van der Waals surface area contributed by atoms with Crippen molar-refractivity contribution in [2.45, 2.75) is 57.9 Å². The first kappa shape index (κ1) is 12.6. The van der Waals surface area contributed by atoms with Crippen LogP contribution in [0.2, 0.25) is 0 Å². The van der Waals surface area contributed by atoms with E-state index in [1.54, 1.807) is 0 Å².